The zero-order valence-electron chi connectivity index (χ0n) is 11.3. The van der Waals surface area contributed by atoms with E-state index in [-0.39, 0.29) is 6.03 Å². The quantitative estimate of drug-likeness (QED) is 0.600. The predicted molar refractivity (Wildman–Crippen MR) is 71.2 cm³/mol. The third kappa shape index (κ3) is 4.82. The molecule has 0 atom stereocenters. The molecule has 0 unspecified atom stereocenters. The normalized spacial score (nSPS) is 9.63. The first kappa shape index (κ1) is 14.7. The summed E-state index contributed by atoms with van der Waals surface area (Å²) < 4.78 is 4.62. The van der Waals surface area contributed by atoms with Crippen molar-refractivity contribution in [2.75, 3.05) is 39.6 Å². The van der Waals surface area contributed by atoms with Gasteiger partial charge in [-0.2, -0.15) is 0 Å². The second-order valence-corrected chi connectivity index (χ2v) is 3.97. The fraction of sp³-hybridized carbons (Fsp3) is 0.417. The summed E-state index contributed by atoms with van der Waals surface area (Å²) >= 11 is 0. The number of urea groups is 1. The van der Waals surface area contributed by atoms with Crippen LogP contribution in [-0.2, 0) is 4.74 Å². The summed E-state index contributed by atoms with van der Waals surface area (Å²) in [6.07, 6.45) is 1.52. The van der Waals surface area contributed by atoms with Gasteiger partial charge in [-0.15, -0.1) is 0 Å². The fourth-order valence-electron chi connectivity index (χ4n) is 1.29. The van der Waals surface area contributed by atoms with E-state index in [9.17, 15) is 9.59 Å². The molecule has 0 aromatic carbocycles. The Morgan fingerprint density at radius 2 is 2.11 bits per heavy atom. The van der Waals surface area contributed by atoms with Crippen LogP contribution in [-0.4, -0.2) is 56.2 Å². The minimum atomic E-state index is -0.411. The van der Waals surface area contributed by atoms with Crippen LogP contribution in [0.3, 0.4) is 0 Å². The van der Waals surface area contributed by atoms with Crippen LogP contribution in [0.25, 0.3) is 0 Å². The predicted octanol–water partition coefficient (Wildman–Crippen LogP) is 0.551. The lowest BCUT2D eigenvalue weighted by molar-refractivity contribution is 0.0600. The number of aromatic nitrogens is 1. The maximum Gasteiger partial charge on any atom is 0.338 e. The highest BCUT2D eigenvalue weighted by molar-refractivity contribution is 5.89. The van der Waals surface area contributed by atoms with E-state index in [1.54, 1.807) is 26.2 Å². The molecular weight excluding hydrogens is 248 g/mol. The molecule has 0 aliphatic heterocycles. The molecule has 0 radical (unpaired) electrons. The number of esters is 1. The molecule has 19 heavy (non-hydrogen) atoms. The van der Waals surface area contributed by atoms with Crippen molar-refractivity contribution < 1.29 is 14.3 Å². The summed E-state index contributed by atoms with van der Waals surface area (Å²) in [7, 11) is 4.67. The molecule has 0 bridgehead atoms. The standard InChI is InChI=1S/C12H18N4O3/c1-16(2)12(18)15-7-6-14-10-8-9(4-5-13-10)11(17)19-3/h4-5,8H,6-7H2,1-3H3,(H,13,14)(H,15,18). The molecule has 1 rings (SSSR count). The van der Waals surface area contributed by atoms with Gasteiger partial charge >= 0.3 is 12.0 Å². The van der Waals surface area contributed by atoms with Gasteiger partial charge in [0.05, 0.1) is 12.7 Å². The SMILES string of the molecule is COC(=O)c1ccnc(NCCNC(=O)N(C)C)c1. The number of hydrogen-bond acceptors (Lipinski definition) is 5. The summed E-state index contributed by atoms with van der Waals surface area (Å²) in [5, 5.41) is 5.71. The van der Waals surface area contributed by atoms with E-state index < -0.39 is 5.97 Å². The molecule has 7 nitrogen and oxygen atoms in total. The molecule has 1 aromatic heterocycles. The molecular formula is C12H18N4O3. The molecule has 7 heteroatoms. The summed E-state index contributed by atoms with van der Waals surface area (Å²) in [4.78, 5) is 28.1. The van der Waals surface area contributed by atoms with Crippen LogP contribution in [0.2, 0.25) is 0 Å². The first-order valence-electron chi connectivity index (χ1n) is 5.78. The van der Waals surface area contributed by atoms with E-state index >= 15 is 0 Å². The molecule has 2 amide bonds. The van der Waals surface area contributed by atoms with Crippen LogP contribution in [0.5, 0.6) is 0 Å². The van der Waals surface area contributed by atoms with Crippen LogP contribution >= 0.6 is 0 Å². The third-order valence-corrected chi connectivity index (χ3v) is 2.29. The van der Waals surface area contributed by atoms with Gasteiger partial charge in [-0.3, -0.25) is 0 Å². The molecule has 1 heterocycles. The smallest absolute Gasteiger partial charge is 0.338 e. The Morgan fingerprint density at radius 1 is 1.37 bits per heavy atom. The largest absolute Gasteiger partial charge is 0.465 e. The molecule has 2 N–H and O–H groups in total. The summed E-state index contributed by atoms with van der Waals surface area (Å²) in [6, 6.07) is 3.02. The highest BCUT2D eigenvalue weighted by Gasteiger charge is 2.06. The minimum absolute atomic E-state index is 0.155. The second kappa shape index (κ2) is 7.20. The number of amides is 2. The van der Waals surface area contributed by atoms with Crippen molar-refractivity contribution in [3.8, 4) is 0 Å². The third-order valence-electron chi connectivity index (χ3n) is 2.29. The lowest BCUT2D eigenvalue weighted by Crippen LogP contribution is -2.37. The lowest BCUT2D eigenvalue weighted by atomic mass is 10.2. The molecule has 0 aliphatic carbocycles. The molecule has 0 saturated carbocycles. The van der Waals surface area contributed by atoms with Crippen LogP contribution < -0.4 is 10.6 Å². The summed E-state index contributed by atoms with van der Waals surface area (Å²) in [5.41, 5.74) is 0.428. The Labute approximate surface area is 112 Å². The zero-order chi connectivity index (χ0) is 14.3. The van der Waals surface area contributed by atoms with Crippen LogP contribution in [0.4, 0.5) is 10.6 Å². The van der Waals surface area contributed by atoms with Gasteiger partial charge in [0, 0.05) is 33.4 Å². The van der Waals surface area contributed by atoms with Crippen LogP contribution in [0.15, 0.2) is 18.3 Å². The number of rotatable bonds is 5. The Balaban J connectivity index is 2.41. The topological polar surface area (TPSA) is 83.6 Å². The number of ether oxygens (including phenoxy) is 1. The van der Waals surface area contributed by atoms with Crippen LogP contribution in [0, 0.1) is 0 Å². The molecule has 0 fully saturated rings. The van der Waals surface area contributed by atoms with Crippen LogP contribution in [0.1, 0.15) is 10.4 Å². The average Bonchev–Trinajstić information content (AvgIpc) is 2.42. The van der Waals surface area contributed by atoms with Crippen molar-refractivity contribution in [2.45, 2.75) is 0 Å². The van der Waals surface area contributed by atoms with E-state index in [2.05, 4.69) is 20.4 Å². The number of nitrogens with zero attached hydrogens (tertiary/aromatic N) is 2. The van der Waals surface area contributed by atoms with Gasteiger partial charge < -0.3 is 20.3 Å². The van der Waals surface area contributed by atoms with Gasteiger partial charge in [0.1, 0.15) is 5.82 Å². The highest BCUT2D eigenvalue weighted by Crippen LogP contribution is 2.07. The van der Waals surface area contributed by atoms with Crippen molar-refractivity contribution in [3.63, 3.8) is 0 Å². The maximum atomic E-state index is 11.3. The fourth-order valence-corrected chi connectivity index (χ4v) is 1.29. The van der Waals surface area contributed by atoms with E-state index in [0.29, 0.717) is 24.5 Å². The van der Waals surface area contributed by atoms with Crippen molar-refractivity contribution in [3.05, 3.63) is 23.9 Å². The average molecular weight is 266 g/mol. The van der Waals surface area contributed by atoms with E-state index in [1.807, 2.05) is 0 Å². The van der Waals surface area contributed by atoms with Gasteiger partial charge in [0.2, 0.25) is 0 Å². The number of pyridine rings is 1. The first-order valence-corrected chi connectivity index (χ1v) is 5.78. The summed E-state index contributed by atoms with van der Waals surface area (Å²) in [5.74, 6) is 0.147. The van der Waals surface area contributed by atoms with E-state index in [4.69, 9.17) is 0 Å². The van der Waals surface area contributed by atoms with E-state index in [1.165, 1.54) is 18.2 Å². The highest BCUT2D eigenvalue weighted by atomic mass is 16.5. The van der Waals surface area contributed by atoms with Crippen molar-refractivity contribution in [1.29, 1.82) is 0 Å². The Hall–Kier alpha value is -2.31. The molecule has 0 spiro atoms. The van der Waals surface area contributed by atoms with E-state index in [0.717, 1.165) is 0 Å². The Bertz CT molecular complexity index is 448. The van der Waals surface area contributed by atoms with Gasteiger partial charge in [-0.05, 0) is 12.1 Å². The molecule has 0 saturated heterocycles. The Kier molecular flexibility index (Phi) is 5.59. The maximum absolute atomic E-state index is 11.3. The number of methoxy groups -OCH3 is 1. The Morgan fingerprint density at radius 3 is 2.74 bits per heavy atom. The number of hydrogen-bond donors (Lipinski definition) is 2. The van der Waals surface area contributed by atoms with Gasteiger partial charge in [-0.1, -0.05) is 0 Å². The molecule has 1 aromatic rings. The van der Waals surface area contributed by atoms with Crippen molar-refractivity contribution >= 4 is 17.8 Å². The van der Waals surface area contributed by atoms with Gasteiger partial charge in [-0.25, -0.2) is 14.6 Å². The number of carbonyl (C=O) groups excluding carboxylic acids is 2. The van der Waals surface area contributed by atoms with Gasteiger partial charge in [0.25, 0.3) is 0 Å². The summed E-state index contributed by atoms with van der Waals surface area (Å²) in [6.45, 7) is 0.971. The monoisotopic (exact) mass is 266 g/mol. The number of carbonyl (C=O) groups is 2. The van der Waals surface area contributed by atoms with Crippen molar-refractivity contribution in [1.82, 2.24) is 15.2 Å². The number of nitrogens with one attached hydrogen (secondary N) is 2. The van der Waals surface area contributed by atoms with Gasteiger partial charge in [0.15, 0.2) is 0 Å². The number of anilines is 1. The first-order chi connectivity index (χ1) is 9.04. The minimum Gasteiger partial charge on any atom is -0.465 e. The van der Waals surface area contributed by atoms with Crippen molar-refractivity contribution in [2.24, 2.45) is 0 Å². The lowest BCUT2D eigenvalue weighted by Gasteiger charge is -2.12. The zero-order valence-corrected chi connectivity index (χ0v) is 11.3. The second-order valence-electron chi connectivity index (χ2n) is 3.97. The molecule has 104 valence electrons. The molecule has 0 aliphatic rings.